The van der Waals surface area contributed by atoms with Gasteiger partial charge in [-0.2, -0.15) is 13.2 Å². The van der Waals surface area contributed by atoms with Crippen LogP contribution in [0.15, 0.2) is 48.5 Å². The molecule has 1 fully saturated rings. The van der Waals surface area contributed by atoms with Crippen molar-refractivity contribution in [1.29, 1.82) is 0 Å². The fourth-order valence-corrected chi connectivity index (χ4v) is 4.39. The molecule has 2 aromatic carbocycles. The summed E-state index contributed by atoms with van der Waals surface area (Å²) in [5.74, 6) is 7.29. The summed E-state index contributed by atoms with van der Waals surface area (Å²) < 4.78 is 38.0. The second kappa shape index (κ2) is 11.4. The molecule has 0 unspecified atom stereocenters. The first-order valence-electron chi connectivity index (χ1n) is 11.7. The average molecular weight is 427 g/mol. The zero-order valence-corrected chi connectivity index (χ0v) is 18.5. The third-order valence-electron chi connectivity index (χ3n) is 6.38. The van der Waals surface area contributed by atoms with Crippen molar-refractivity contribution in [2.24, 2.45) is 5.92 Å². The highest BCUT2D eigenvalue weighted by Crippen LogP contribution is 2.36. The van der Waals surface area contributed by atoms with Gasteiger partial charge in [-0.3, -0.25) is 0 Å². The quantitative estimate of drug-likeness (QED) is 0.307. The minimum Gasteiger partial charge on any atom is -0.166 e. The smallest absolute Gasteiger partial charge is 0.166 e. The largest absolute Gasteiger partial charge is 0.416 e. The number of aryl methyl sites for hydroxylation is 1. The van der Waals surface area contributed by atoms with Crippen LogP contribution in [-0.4, -0.2) is 0 Å². The molecule has 0 aliphatic heterocycles. The van der Waals surface area contributed by atoms with E-state index in [4.69, 9.17) is 0 Å². The Hall–Kier alpha value is -2.21. The third kappa shape index (κ3) is 7.46. The van der Waals surface area contributed by atoms with Gasteiger partial charge >= 0.3 is 6.18 Å². The van der Waals surface area contributed by atoms with E-state index in [-0.39, 0.29) is 0 Å². The minimum atomic E-state index is -4.29. The summed E-state index contributed by atoms with van der Waals surface area (Å²) in [4.78, 5) is 0. The van der Waals surface area contributed by atoms with Gasteiger partial charge in [0.2, 0.25) is 0 Å². The van der Waals surface area contributed by atoms with Gasteiger partial charge in [0.25, 0.3) is 0 Å². The van der Waals surface area contributed by atoms with Gasteiger partial charge < -0.3 is 0 Å². The lowest BCUT2D eigenvalue weighted by Crippen LogP contribution is -2.12. The topological polar surface area (TPSA) is 0 Å². The Balaban J connectivity index is 1.45. The molecule has 1 saturated carbocycles. The van der Waals surface area contributed by atoms with Crippen molar-refractivity contribution in [3.63, 3.8) is 0 Å². The maximum Gasteiger partial charge on any atom is 0.416 e. The van der Waals surface area contributed by atoms with E-state index in [1.807, 2.05) is 0 Å². The Labute approximate surface area is 185 Å². The lowest BCUT2D eigenvalue weighted by atomic mass is 9.78. The van der Waals surface area contributed by atoms with Crippen LogP contribution < -0.4 is 0 Å². The number of rotatable bonds is 7. The fraction of sp³-hybridized carbons (Fsp3) is 0.500. The predicted octanol–water partition coefficient (Wildman–Crippen LogP) is 8.54. The van der Waals surface area contributed by atoms with Crippen molar-refractivity contribution >= 4 is 0 Å². The molecule has 166 valence electrons. The molecule has 0 atom stereocenters. The fourth-order valence-electron chi connectivity index (χ4n) is 4.39. The van der Waals surface area contributed by atoms with E-state index in [1.165, 1.54) is 61.8 Å². The van der Waals surface area contributed by atoms with E-state index in [1.54, 1.807) is 0 Å². The van der Waals surface area contributed by atoms with Crippen LogP contribution in [0.4, 0.5) is 13.2 Å². The summed E-state index contributed by atoms with van der Waals surface area (Å²) >= 11 is 0. The molecule has 0 bridgehead atoms. The number of hydrogen-bond acceptors (Lipinski definition) is 0. The van der Waals surface area contributed by atoms with E-state index in [0.29, 0.717) is 17.4 Å². The van der Waals surface area contributed by atoms with Gasteiger partial charge in [-0.25, -0.2) is 0 Å². The predicted molar refractivity (Wildman–Crippen MR) is 122 cm³/mol. The van der Waals surface area contributed by atoms with Crippen molar-refractivity contribution in [3.05, 3.63) is 70.8 Å². The molecule has 2 aromatic rings. The molecular weight excluding hydrogens is 393 g/mol. The normalized spacial score (nSPS) is 19.0. The second-order valence-corrected chi connectivity index (χ2v) is 8.80. The molecule has 31 heavy (non-hydrogen) atoms. The Morgan fingerprint density at radius 3 is 2.06 bits per heavy atom. The van der Waals surface area contributed by atoms with Crippen LogP contribution in [0, 0.1) is 17.8 Å². The Morgan fingerprint density at radius 2 is 1.45 bits per heavy atom. The summed E-state index contributed by atoms with van der Waals surface area (Å²) in [5, 5.41) is 0. The first-order valence-corrected chi connectivity index (χ1v) is 11.7. The van der Waals surface area contributed by atoms with Gasteiger partial charge in [-0.15, -0.1) is 0 Å². The van der Waals surface area contributed by atoms with Crippen LogP contribution in [0.5, 0.6) is 0 Å². The molecule has 0 radical (unpaired) electrons. The zero-order valence-electron chi connectivity index (χ0n) is 18.5. The molecule has 0 nitrogen and oxygen atoms in total. The molecule has 3 rings (SSSR count). The van der Waals surface area contributed by atoms with E-state index in [0.717, 1.165) is 37.8 Å². The molecule has 1 aliphatic carbocycles. The lowest BCUT2D eigenvalue weighted by Gasteiger charge is -2.26. The maximum atomic E-state index is 12.7. The number of unbranched alkanes of at least 4 members (excludes halogenated alkanes) is 4. The Bertz CT molecular complexity index is 842. The van der Waals surface area contributed by atoms with E-state index < -0.39 is 11.7 Å². The standard InChI is InChI=1S/C28H33F3/c1-2-3-4-5-6-7-22-10-16-25(17-11-22)26-18-12-23(13-19-26)8-9-24-14-20-27(21-15-24)28(29,30)31/h10-11,14-17,20-21,23,26H,2-7,12-13,18-19H2,1H3. The number of halogens is 3. The summed E-state index contributed by atoms with van der Waals surface area (Å²) in [7, 11) is 0. The summed E-state index contributed by atoms with van der Waals surface area (Å²) in [6.45, 7) is 2.25. The van der Waals surface area contributed by atoms with Crippen LogP contribution >= 0.6 is 0 Å². The number of hydrogen-bond donors (Lipinski definition) is 0. The van der Waals surface area contributed by atoms with Crippen LogP contribution in [0.2, 0.25) is 0 Å². The third-order valence-corrected chi connectivity index (χ3v) is 6.38. The van der Waals surface area contributed by atoms with Crippen molar-refractivity contribution in [3.8, 4) is 11.8 Å². The van der Waals surface area contributed by atoms with Crippen LogP contribution in [0.25, 0.3) is 0 Å². The second-order valence-electron chi connectivity index (χ2n) is 8.80. The lowest BCUT2D eigenvalue weighted by molar-refractivity contribution is -0.137. The number of benzene rings is 2. The van der Waals surface area contributed by atoms with E-state index in [2.05, 4.69) is 43.0 Å². The number of alkyl halides is 3. The molecule has 0 amide bonds. The molecule has 0 N–H and O–H groups in total. The first kappa shape index (κ1) is 23.5. The van der Waals surface area contributed by atoms with Gasteiger partial charge in [0.15, 0.2) is 0 Å². The molecule has 1 aliphatic rings. The monoisotopic (exact) mass is 426 g/mol. The van der Waals surface area contributed by atoms with E-state index in [9.17, 15) is 13.2 Å². The average Bonchev–Trinajstić information content (AvgIpc) is 2.78. The molecule has 0 saturated heterocycles. The highest BCUT2D eigenvalue weighted by molar-refractivity contribution is 5.37. The Kier molecular flexibility index (Phi) is 8.64. The van der Waals surface area contributed by atoms with Gasteiger partial charge in [0.1, 0.15) is 0 Å². The van der Waals surface area contributed by atoms with Gasteiger partial charge in [0, 0.05) is 11.5 Å². The SMILES string of the molecule is CCCCCCCc1ccc(C2CCC(C#Cc3ccc(C(F)(F)F)cc3)CC2)cc1. The van der Waals surface area contributed by atoms with Crippen LogP contribution in [0.3, 0.4) is 0 Å². The summed E-state index contributed by atoms with van der Waals surface area (Å²) in [5.41, 5.74) is 2.90. The van der Waals surface area contributed by atoms with Crippen molar-refractivity contribution in [2.75, 3.05) is 0 Å². The molecule has 0 spiro atoms. The van der Waals surface area contributed by atoms with Gasteiger partial charge in [-0.05, 0) is 79.8 Å². The Morgan fingerprint density at radius 1 is 0.806 bits per heavy atom. The summed E-state index contributed by atoms with van der Waals surface area (Å²) in [6, 6.07) is 14.4. The molecule has 0 aromatic heterocycles. The minimum absolute atomic E-state index is 0.334. The molecule has 0 heterocycles. The summed E-state index contributed by atoms with van der Waals surface area (Å²) in [6.07, 6.45) is 7.83. The van der Waals surface area contributed by atoms with Crippen LogP contribution in [-0.2, 0) is 12.6 Å². The highest BCUT2D eigenvalue weighted by atomic mass is 19.4. The maximum absolute atomic E-state index is 12.7. The van der Waals surface area contributed by atoms with Gasteiger partial charge in [0.05, 0.1) is 5.56 Å². The zero-order chi connectivity index (χ0) is 22.1. The van der Waals surface area contributed by atoms with Crippen molar-refractivity contribution < 1.29 is 13.2 Å². The highest BCUT2D eigenvalue weighted by Gasteiger charge is 2.29. The van der Waals surface area contributed by atoms with Crippen LogP contribution in [0.1, 0.15) is 92.9 Å². The van der Waals surface area contributed by atoms with E-state index >= 15 is 0 Å². The molecule has 3 heteroatoms. The van der Waals surface area contributed by atoms with Gasteiger partial charge in [-0.1, -0.05) is 68.7 Å². The van der Waals surface area contributed by atoms with Crippen molar-refractivity contribution in [1.82, 2.24) is 0 Å². The first-order chi connectivity index (χ1) is 15.0. The molecular formula is C28H33F3. The van der Waals surface area contributed by atoms with Crippen molar-refractivity contribution in [2.45, 2.75) is 83.2 Å².